The van der Waals surface area contributed by atoms with Crippen molar-refractivity contribution in [3.8, 4) is 5.75 Å². The van der Waals surface area contributed by atoms with Gasteiger partial charge in [-0.25, -0.2) is 0 Å². The van der Waals surface area contributed by atoms with Crippen LogP contribution in [0.4, 0.5) is 0 Å². The van der Waals surface area contributed by atoms with E-state index in [1.807, 2.05) is 13.8 Å². The molecule has 0 aromatic heterocycles. The van der Waals surface area contributed by atoms with Gasteiger partial charge in [-0.05, 0) is 23.1 Å². The fourth-order valence-electron chi connectivity index (χ4n) is 4.73. The summed E-state index contributed by atoms with van der Waals surface area (Å²) in [6.07, 6.45) is 0.815. The minimum Gasteiger partial charge on any atom is -0.508 e. The zero-order valence-corrected chi connectivity index (χ0v) is 16.7. The molecule has 0 spiro atoms. The molecule has 0 radical (unpaired) electrons. The number of ketones is 3. The molecule has 1 N–H and O–H groups in total. The van der Waals surface area contributed by atoms with Crippen molar-refractivity contribution in [3.05, 3.63) is 87.9 Å². The van der Waals surface area contributed by atoms with Gasteiger partial charge in [-0.15, -0.1) is 0 Å². The smallest absolute Gasteiger partial charge is 0.229 e. The summed E-state index contributed by atoms with van der Waals surface area (Å²) in [4.78, 5) is 40.0. The molecule has 0 fully saturated rings. The van der Waals surface area contributed by atoms with Crippen LogP contribution in [-0.2, 0) is 9.53 Å². The Morgan fingerprint density at radius 3 is 2.30 bits per heavy atom. The lowest BCUT2D eigenvalue weighted by molar-refractivity contribution is -0.119. The molecule has 1 atom stereocenters. The maximum Gasteiger partial charge on any atom is 0.229 e. The number of rotatable bonds is 1. The van der Waals surface area contributed by atoms with E-state index >= 15 is 0 Å². The third kappa shape index (κ3) is 2.65. The number of aromatic hydroxyl groups is 1. The highest BCUT2D eigenvalue weighted by Crippen LogP contribution is 2.51. The highest BCUT2D eigenvalue weighted by atomic mass is 16.5. The summed E-state index contributed by atoms with van der Waals surface area (Å²) in [5.74, 6) is -1.04. The number of hydrogen-bond donors (Lipinski definition) is 1. The van der Waals surface area contributed by atoms with Crippen molar-refractivity contribution in [3.63, 3.8) is 0 Å². The van der Waals surface area contributed by atoms with Crippen LogP contribution in [0.2, 0.25) is 0 Å². The monoisotopic (exact) mass is 400 g/mol. The number of ether oxygens (including phenoxy) is 1. The molecule has 1 heterocycles. The van der Waals surface area contributed by atoms with Crippen LogP contribution < -0.4 is 0 Å². The SMILES string of the molecule is CC1(C)CC(=O)C2=C(C1)OC1=C(C(=O)c3ccccc3C1=O)C2c1cccc(O)c1. The normalized spacial score (nSPS) is 22.3. The number of carbonyl (C=O) groups is 3. The van der Waals surface area contributed by atoms with E-state index in [9.17, 15) is 19.5 Å². The molecule has 5 heteroatoms. The first-order valence-electron chi connectivity index (χ1n) is 9.92. The van der Waals surface area contributed by atoms with Crippen molar-refractivity contribution in [2.45, 2.75) is 32.6 Å². The molecule has 0 saturated carbocycles. The van der Waals surface area contributed by atoms with Gasteiger partial charge in [-0.1, -0.05) is 50.2 Å². The second-order valence-corrected chi connectivity index (χ2v) is 8.85. The van der Waals surface area contributed by atoms with Gasteiger partial charge in [0.2, 0.25) is 5.78 Å². The molecule has 2 aliphatic carbocycles. The first kappa shape index (κ1) is 18.6. The zero-order valence-electron chi connectivity index (χ0n) is 16.7. The van der Waals surface area contributed by atoms with Gasteiger partial charge < -0.3 is 9.84 Å². The lowest BCUT2D eigenvalue weighted by atomic mass is 9.67. The predicted octanol–water partition coefficient (Wildman–Crippen LogP) is 4.48. The predicted molar refractivity (Wildman–Crippen MR) is 109 cm³/mol. The van der Waals surface area contributed by atoms with Crippen molar-refractivity contribution >= 4 is 17.3 Å². The number of phenolic OH excluding ortho intramolecular Hbond substituents is 1. The number of phenols is 1. The van der Waals surface area contributed by atoms with E-state index in [4.69, 9.17) is 4.74 Å². The van der Waals surface area contributed by atoms with Gasteiger partial charge in [0, 0.05) is 35.5 Å². The van der Waals surface area contributed by atoms with Gasteiger partial charge in [-0.3, -0.25) is 14.4 Å². The number of carbonyl (C=O) groups excluding carboxylic acids is 3. The summed E-state index contributed by atoms with van der Waals surface area (Å²) >= 11 is 0. The first-order valence-corrected chi connectivity index (χ1v) is 9.92. The second-order valence-electron chi connectivity index (χ2n) is 8.85. The Hall–Kier alpha value is -3.47. The van der Waals surface area contributed by atoms with E-state index in [1.165, 1.54) is 12.1 Å². The molecule has 0 bridgehead atoms. The maximum atomic E-state index is 13.5. The van der Waals surface area contributed by atoms with Gasteiger partial charge in [0.1, 0.15) is 11.5 Å². The number of fused-ring (bicyclic) bond motifs is 1. The van der Waals surface area contributed by atoms with Crippen molar-refractivity contribution in [1.29, 1.82) is 0 Å². The van der Waals surface area contributed by atoms with Crippen LogP contribution in [0.25, 0.3) is 0 Å². The molecule has 1 aliphatic heterocycles. The topological polar surface area (TPSA) is 80.7 Å². The van der Waals surface area contributed by atoms with Crippen LogP contribution in [0.1, 0.15) is 58.9 Å². The van der Waals surface area contributed by atoms with E-state index in [-0.39, 0.29) is 39.8 Å². The zero-order chi connectivity index (χ0) is 21.2. The second kappa shape index (κ2) is 6.26. The van der Waals surface area contributed by atoms with E-state index in [2.05, 4.69) is 0 Å². The summed E-state index contributed by atoms with van der Waals surface area (Å²) in [6, 6.07) is 13.2. The van der Waals surface area contributed by atoms with Crippen LogP contribution in [0.5, 0.6) is 5.75 Å². The van der Waals surface area contributed by atoms with Crippen LogP contribution in [0.3, 0.4) is 0 Å². The Labute approximate surface area is 173 Å². The van der Waals surface area contributed by atoms with Gasteiger partial charge in [0.05, 0.1) is 5.57 Å². The lowest BCUT2D eigenvalue weighted by Gasteiger charge is -2.39. The molecule has 150 valence electrons. The van der Waals surface area contributed by atoms with Crippen LogP contribution >= 0.6 is 0 Å². The molecular weight excluding hydrogens is 380 g/mol. The van der Waals surface area contributed by atoms with Crippen LogP contribution in [0.15, 0.2) is 71.2 Å². The number of Topliss-reactive ketones (excluding diaryl/α,β-unsaturated/α-hetero) is 3. The van der Waals surface area contributed by atoms with Crippen LogP contribution in [0, 0.1) is 5.41 Å². The molecule has 1 unspecified atom stereocenters. The summed E-state index contributed by atoms with van der Waals surface area (Å²) in [6.45, 7) is 3.96. The Morgan fingerprint density at radius 1 is 0.900 bits per heavy atom. The van der Waals surface area contributed by atoms with E-state index < -0.39 is 5.92 Å². The third-order valence-electron chi connectivity index (χ3n) is 6.00. The van der Waals surface area contributed by atoms with Gasteiger partial charge >= 0.3 is 0 Å². The maximum absolute atomic E-state index is 13.5. The largest absolute Gasteiger partial charge is 0.508 e. The average Bonchev–Trinajstić information content (AvgIpc) is 2.69. The minimum absolute atomic E-state index is 0.00343. The fourth-order valence-corrected chi connectivity index (χ4v) is 4.73. The summed E-state index contributed by atoms with van der Waals surface area (Å²) < 4.78 is 6.03. The van der Waals surface area contributed by atoms with E-state index in [0.717, 1.165) is 0 Å². The van der Waals surface area contributed by atoms with E-state index in [0.29, 0.717) is 40.9 Å². The molecule has 30 heavy (non-hydrogen) atoms. The molecule has 2 aromatic rings. The van der Waals surface area contributed by atoms with Gasteiger partial charge in [-0.2, -0.15) is 0 Å². The molecule has 0 saturated heterocycles. The van der Waals surface area contributed by atoms with Crippen molar-refractivity contribution in [1.82, 2.24) is 0 Å². The molecular formula is C25H20O5. The summed E-state index contributed by atoms with van der Waals surface area (Å²) in [5.41, 5.74) is 1.49. The Kier molecular flexibility index (Phi) is 3.87. The molecule has 5 rings (SSSR count). The molecule has 2 aromatic carbocycles. The minimum atomic E-state index is -0.746. The highest BCUT2D eigenvalue weighted by Gasteiger charge is 2.48. The quantitative estimate of drug-likeness (QED) is 0.763. The summed E-state index contributed by atoms with van der Waals surface area (Å²) in [7, 11) is 0. The highest BCUT2D eigenvalue weighted by molar-refractivity contribution is 6.27. The number of allylic oxidation sites excluding steroid dienone is 4. The fraction of sp³-hybridized carbons (Fsp3) is 0.240. The third-order valence-corrected chi connectivity index (χ3v) is 6.00. The standard InChI is InChI=1S/C25H20O5/c1-25(2)11-17(27)20-18(12-25)30-24-21(19(20)13-6-5-7-14(26)10-13)22(28)15-8-3-4-9-16(15)23(24)29/h3-10,19,26H,11-12H2,1-2H3. The summed E-state index contributed by atoms with van der Waals surface area (Å²) in [5, 5.41) is 10.1. The van der Waals surface area contributed by atoms with Gasteiger partial charge in [0.15, 0.2) is 17.3 Å². The van der Waals surface area contributed by atoms with Crippen molar-refractivity contribution in [2.24, 2.45) is 5.41 Å². The van der Waals surface area contributed by atoms with Crippen molar-refractivity contribution < 1.29 is 24.2 Å². The Bertz CT molecular complexity index is 1210. The molecule has 0 amide bonds. The Balaban J connectivity index is 1.77. The van der Waals surface area contributed by atoms with Crippen molar-refractivity contribution in [2.75, 3.05) is 0 Å². The number of hydrogen-bond acceptors (Lipinski definition) is 5. The van der Waals surface area contributed by atoms with Gasteiger partial charge in [0.25, 0.3) is 0 Å². The Morgan fingerprint density at radius 2 is 1.60 bits per heavy atom. The van der Waals surface area contributed by atoms with Crippen LogP contribution in [-0.4, -0.2) is 22.5 Å². The molecule has 5 nitrogen and oxygen atoms in total. The number of benzene rings is 2. The van der Waals surface area contributed by atoms with E-state index in [1.54, 1.807) is 36.4 Å². The first-order chi connectivity index (χ1) is 14.3. The lowest BCUT2D eigenvalue weighted by Crippen LogP contribution is -2.37. The average molecular weight is 400 g/mol. The molecule has 3 aliphatic rings.